The Balaban J connectivity index is 1.82. The SMILES string of the molecule is Cc1ccoc1CNC(C)C(=O)N1CCCCC1. The second kappa shape index (κ2) is 6.05. The van der Waals surface area contributed by atoms with E-state index < -0.39 is 0 Å². The average molecular weight is 250 g/mol. The summed E-state index contributed by atoms with van der Waals surface area (Å²) in [5.74, 6) is 1.12. The van der Waals surface area contributed by atoms with Gasteiger partial charge in [-0.15, -0.1) is 0 Å². The minimum Gasteiger partial charge on any atom is -0.468 e. The van der Waals surface area contributed by atoms with Crippen molar-refractivity contribution < 1.29 is 9.21 Å². The number of nitrogens with zero attached hydrogens (tertiary/aromatic N) is 1. The number of hydrogen-bond donors (Lipinski definition) is 1. The highest BCUT2D eigenvalue weighted by atomic mass is 16.3. The van der Waals surface area contributed by atoms with Crippen molar-refractivity contribution in [3.8, 4) is 0 Å². The zero-order valence-electron chi connectivity index (χ0n) is 11.2. The molecule has 1 saturated heterocycles. The maximum absolute atomic E-state index is 12.2. The minimum atomic E-state index is -0.146. The van der Waals surface area contributed by atoms with E-state index in [2.05, 4.69) is 5.32 Å². The number of aryl methyl sites for hydroxylation is 1. The smallest absolute Gasteiger partial charge is 0.239 e. The number of carbonyl (C=O) groups excluding carboxylic acids is 1. The van der Waals surface area contributed by atoms with Gasteiger partial charge in [0.25, 0.3) is 0 Å². The predicted octanol–water partition coefficient (Wildman–Crippen LogP) is 2.08. The predicted molar refractivity (Wildman–Crippen MR) is 70.2 cm³/mol. The number of nitrogens with one attached hydrogen (secondary N) is 1. The quantitative estimate of drug-likeness (QED) is 0.890. The standard InChI is InChI=1S/C14H22N2O2/c1-11-6-9-18-13(11)10-15-12(2)14(17)16-7-4-3-5-8-16/h6,9,12,15H,3-5,7-8,10H2,1-2H3. The summed E-state index contributed by atoms with van der Waals surface area (Å²) in [7, 11) is 0. The molecule has 0 spiro atoms. The van der Waals surface area contributed by atoms with Crippen molar-refractivity contribution in [2.45, 2.75) is 45.7 Å². The van der Waals surface area contributed by atoms with Crippen LogP contribution in [0.15, 0.2) is 16.7 Å². The Hall–Kier alpha value is -1.29. The number of hydrogen-bond acceptors (Lipinski definition) is 3. The van der Waals surface area contributed by atoms with Crippen LogP contribution in [0, 0.1) is 6.92 Å². The van der Waals surface area contributed by atoms with Crippen LogP contribution in [-0.2, 0) is 11.3 Å². The fourth-order valence-electron chi connectivity index (χ4n) is 2.31. The van der Waals surface area contributed by atoms with Gasteiger partial charge in [-0.2, -0.15) is 0 Å². The topological polar surface area (TPSA) is 45.5 Å². The van der Waals surface area contributed by atoms with E-state index >= 15 is 0 Å². The van der Waals surface area contributed by atoms with Crippen molar-refractivity contribution in [2.75, 3.05) is 13.1 Å². The summed E-state index contributed by atoms with van der Waals surface area (Å²) in [4.78, 5) is 14.1. The van der Waals surface area contributed by atoms with Gasteiger partial charge in [0.2, 0.25) is 5.91 Å². The average Bonchev–Trinajstić information content (AvgIpc) is 2.81. The Labute approximate surface area is 108 Å². The van der Waals surface area contributed by atoms with Crippen LogP contribution in [0.1, 0.15) is 37.5 Å². The van der Waals surface area contributed by atoms with Crippen molar-refractivity contribution >= 4 is 5.91 Å². The van der Waals surface area contributed by atoms with Crippen LogP contribution in [0.4, 0.5) is 0 Å². The molecule has 2 heterocycles. The highest BCUT2D eigenvalue weighted by Crippen LogP contribution is 2.11. The first-order valence-corrected chi connectivity index (χ1v) is 6.73. The maximum atomic E-state index is 12.2. The van der Waals surface area contributed by atoms with Crippen molar-refractivity contribution in [2.24, 2.45) is 0 Å². The number of carbonyl (C=O) groups is 1. The van der Waals surface area contributed by atoms with Gasteiger partial charge in [0.1, 0.15) is 5.76 Å². The lowest BCUT2D eigenvalue weighted by molar-refractivity contribution is -0.134. The minimum absolute atomic E-state index is 0.146. The Morgan fingerprint density at radius 1 is 1.44 bits per heavy atom. The molecule has 2 rings (SSSR count). The van der Waals surface area contributed by atoms with E-state index in [1.807, 2.05) is 24.8 Å². The van der Waals surface area contributed by atoms with Gasteiger partial charge >= 0.3 is 0 Å². The summed E-state index contributed by atoms with van der Waals surface area (Å²) in [6.45, 7) is 6.36. The molecule has 1 atom stereocenters. The van der Waals surface area contributed by atoms with E-state index in [1.165, 1.54) is 6.42 Å². The number of furan rings is 1. The van der Waals surface area contributed by atoms with E-state index in [1.54, 1.807) is 6.26 Å². The first-order valence-electron chi connectivity index (χ1n) is 6.73. The maximum Gasteiger partial charge on any atom is 0.239 e. The molecule has 0 aliphatic carbocycles. The van der Waals surface area contributed by atoms with Crippen LogP contribution < -0.4 is 5.32 Å². The third-order valence-corrected chi connectivity index (χ3v) is 3.58. The second-order valence-electron chi connectivity index (χ2n) is 5.02. The first-order chi connectivity index (χ1) is 8.68. The number of piperidine rings is 1. The Bertz CT molecular complexity index is 394. The molecule has 100 valence electrons. The largest absolute Gasteiger partial charge is 0.468 e. The van der Waals surface area contributed by atoms with Crippen LogP contribution in [0.3, 0.4) is 0 Å². The highest BCUT2D eigenvalue weighted by Gasteiger charge is 2.21. The van der Waals surface area contributed by atoms with Gasteiger partial charge in [0, 0.05) is 13.1 Å². The van der Waals surface area contributed by atoms with Crippen LogP contribution in [0.25, 0.3) is 0 Å². The molecule has 1 aromatic rings. The van der Waals surface area contributed by atoms with Crippen molar-refractivity contribution in [1.29, 1.82) is 0 Å². The molecule has 0 radical (unpaired) electrons. The summed E-state index contributed by atoms with van der Waals surface area (Å²) >= 11 is 0. The van der Waals surface area contributed by atoms with Crippen LogP contribution >= 0.6 is 0 Å². The lowest BCUT2D eigenvalue weighted by Crippen LogP contribution is -2.46. The van der Waals surface area contributed by atoms with Gasteiger partial charge in [-0.1, -0.05) is 0 Å². The summed E-state index contributed by atoms with van der Waals surface area (Å²) in [5.41, 5.74) is 1.13. The fourth-order valence-corrected chi connectivity index (χ4v) is 2.31. The summed E-state index contributed by atoms with van der Waals surface area (Å²) in [6, 6.07) is 1.79. The summed E-state index contributed by atoms with van der Waals surface area (Å²) in [5, 5.41) is 3.24. The Morgan fingerprint density at radius 2 is 2.17 bits per heavy atom. The molecule has 0 aromatic carbocycles. The van der Waals surface area contributed by atoms with E-state index in [0.29, 0.717) is 6.54 Å². The zero-order chi connectivity index (χ0) is 13.0. The van der Waals surface area contributed by atoms with E-state index in [0.717, 1.165) is 37.3 Å². The van der Waals surface area contributed by atoms with E-state index in [-0.39, 0.29) is 11.9 Å². The van der Waals surface area contributed by atoms with Gasteiger partial charge in [-0.25, -0.2) is 0 Å². The monoisotopic (exact) mass is 250 g/mol. The van der Waals surface area contributed by atoms with Crippen molar-refractivity contribution in [1.82, 2.24) is 10.2 Å². The number of likely N-dealkylation sites (tertiary alicyclic amines) is 1. The molecule has 1 aliphatic rings. The molecule has 1 unspecified atom stereocenters. The van der Waals surface area contributed by atoms with Gasteiger partial charge < -0.3 is 9.32 Å². The molecule has 0 bridgehead atoms. The Kier molecular flexibility index (Phi) is 4.42. The highest BCUT2D eigenvalue weighted by molar-refractivity contribution is 5.81. The third kappa shape index (κ3) is 3.13. The Morgan fingerprint density at radius 3 is 2.78 bits per heavy atom. The van der Waals surface area contributed by atoms with Gasteiger partial charge in [0.15, 0.2) is 0 Å². The lowest BCUT2D eigenvalue weighted by Gasteiger charge is -2.29. The molecular weight excluding hydrogens is 228 g/mol. The summed E-state index contributed by atoms with van der Waals surface area (Å²) in [6.07, 6.45) is 5.20. The van der Waals surface area contributed by atoms with Gasteiger partial charge in [-0.3, -0.25) is 10.1 Å². The molecule has 0 saturated carbocycles. The van der Waals surface area contributed by atoms with Crippen molar-refractivity contribution in [3.63, 3.8) is 0 Å². The van der Waals surface area contributed by atoms with Gasteiger partial charge in [0.05, 0.1) is 18.8 Å². The third-order valence-electron chi connectivity index (χ3n) is 3.58. The summed E-state index contributed by atoms with van der Waals surface area (Å²) < 4.78 is 5.35. The molecule has 1 N–H and O–H groups in total. The molecule has 18 heavy (non-hydrogen) atoms. The molecule has 1 fully saturated rings. The van der Waals surface area contributed by atoms with Crippen LogP contribution in [0.5, 0.6) is 0 Å². The van der Waals surface area contributed by atoms with Crippen LogP contribution in [0.2, 0.25) is 0 Å². The van der Waals surface area contributed by atoms with Crippen molar-refractivity contribution in [3.05, 3.63) is 23.7 Å². The van der Waals surface area contributed by atoms with Gasteiger partial charge in [-0.05, 0) is 44.7 Å². The number of amides is 1. The normalized spacial score (nSPS) is 17.8. The molecule has 1 aromatic heterocycles. The number of rotatable bonds is 4. The zero-order valence-corrected chi connectivity index (χ0v) is 11.2. The van der Waals surface area contributed by atoms with Crippen LogP contribution in [-0.4, -0.2) is 29.9 Å². The first kappa shape index (κ1) is 13.1. The fraction of sp³-hybridized carbons (Fsp3) is 0.643. The van der Waals surface area contributed by atoms with E-state index in [9.17, 15) is 4.79 Å². The lowest BCUT2D eigenvalue weighted by atomic mass is 10.1. The molecule has 1 aliphatic heterocycles. The molecule has 1 amide bonds. The second-order valence-corrected chi connectivity index (χ2v) is 5.02. The molecule has 4 heteroatoms. The molecular formula is C14H22N2O2. The molecule has 4 nitrogen and oxygen atoms in total. The van der Waals surface area contributed by atoms with E-state index in [4.69, 9.17) is 4.42 Å².